The Hall–Kier alpha value is -1.02. The molecule has 2 N–H and O–H groups in total. The maximum absolute atomic E-state index is 12.5. The molecule has 0 aromatic carbocycles. The van der Waals surface area contributed by atoms with Gasteiger partial charge in [-0.1, -0.05) is 25.7 Å². The minimum Gasteiger partial charge on any atom is -0.376 e. The predicted octanol–water partition coefficient (Wildman–Crippen LogP) is 2.92. The van der Waals surface area contributed by atoms with Gasteiger partial charge in [-0.2, -0.15) is 13.2 Å². The Morgan fingerprint density at radius 3 is 2.54 bits per heavy atom. The molecule has 1 aliphatic carbocycles. The molecule has 152 valence electrons. The molecule has 2 aliphatic rings. The van der Waals surface area contributed by atoms with Crippen molar-refractivity contribution < 1.29 is 17.9 Å². The van der Waals surface area contributed by atoms with E-state index < -0.39 is 12.7 Å². The van der Waals surface area contributed by atoms with Gasteiger partial charge in [0.15, 0.2) is 5.96 Å². The number of nitrogens with zero attached hydrogens (tertiary/aromatic N) is 2. The first-order valence-corrected chi connectivity index (χ1v) is 9.92. The minimum absolute atomic E-state index is 0.00192. The zero-order chi connectivity index (χ0) is 18.8. The highest BCUT2D eigenvalue weighted by atomic mass is 19.4. The Bertz CT molecular complexity index is 423. The highest BCUT2D eigenvalue weighted by Gasteiger charge is 2.34. The Labute approximate surface area is 154 Å². The van der Waals surface area contributed by atoms with Crippen molar-refractivity contribution in [1.29, 1.82) is 0 Å². The number of halogens is 3. The van der Waals surface area contributed by atoms with Crippen molar-refractivity contribution in [3.8, 4) is 0 Å². The van der Waals surface area contributed by atoms with E-state index in [4.69, 9.17) is 4.74 Å². The number of alkyl halides is 3. The third-order valence-electron chi connectivity index (χ3n) is 4.88. The van der Waals surface area contributed by atoms with Gasteiger partial charge in [0.25, 0.3) is 0 Å². The Morgan fingerprint density at radius 1 is 1.15 bits per heavy atom. The summed E-state index contributed by atoms with van der Waals surface area (Å²) in [5.41, 5.74) is 0. The lowest BCUT2D eigenvalue weighted by atomic mass is 10.1. The van der Waals surface area contributed by atoms with E-state index in [0.29, 0.717) is 51.3 Å². The van der Waals surface area contributed by atoms with Crippen LogP contribution in [0.2, 0.25) is 0 Å². The van der Waals surface area contributed by atoms with Crippen LogP contribution in [0.3, 0.4) is 0 Å². The molecular formula is C18H33F3N4O. The van der Waals surface area contributed by atoms with Crippen LogP contribution >= 0.6 is 0 Å². The van der Waals surface area contributed by atoms with Crippen LogP contribution in [0, 0.1) is 0 Å². The zero-order valence-corrected chi connectivity index (χ0v) is 15.8. The first kappa shape index (κ1) is 21.3. The molecule has 0 bridgehead atoms. The van der Waals surface area contributed by atoms with Gasteiger partial charge < -0.3 is 15.4 Å². The van der Waals surface area contributed by atoms with Gasteiger partial charge in [-0.25, -0.2) is 0 Å². The molecule has 1 aliphatic heterocycles. The smallest absolute Gasteiger partial charge is 0.376 e. The average molecular weight is 378 g/mol. The number of nitrogens with one attached hydrogen (secondary N) is 2. The third-order valence-corrected chi connectivity index (χ3v) is 4.88. The van der Waals surface area contributed by atoms with E-state index in [9.17, 15) is 13.2 Å². The van der Waals surface area contributed by atoms with Crippen LogP contribution in [-0.4, -0.2) is 68.5 Å². The minimum atomic E-state index is -4.14. The summed E-state index contributed by atoms with van der Waals surface area (Å²) in [6.07, 6.45) is 4.29. The summed E-state index contributed by atoms with van der Waals surface area (Å²) in [6, 6.07) is -0.00192. The lowest BCUT2D eigenvalue weighted by molar-refractivity contribution is -0.143. The summed E-state index contributed by atoms with van der Waals surface area (Å²) in [5, 5.41) is 6.42. The predicted molar refractivity (Wildman–Crippen MR) is 97.5 cm³/mol. The summed E-state index contributed by atoms with van der Waals surface area (Å²) in [5.74, 6) is 0.663. The second kappa shape index (κ2) is 11.0. The lowest BCUT2D eigenvalue weighted by Gasteiger charge is -2.20. The van der Waals surface area contributed by atoms with E-state index in [1.165, 1.54) is 30.6 Å². The number of guanidine groups is 1. The van der Waals surface area contributed by atoms with Gasteiger partial charge in [0.05, 0.1) is 25.8 Å². The second-order valence-corrected chi connectivity index (χ2v) is 7.23. The van der Waals surface area contributed by atoms with Gasteiger partial charge in [0, 0.05) is 25.7 Å². The lowest BCUT2D eigenvalue weighted by Crippen LogP contribution is -2.45. The van der Waals surface area contributed by atoms with Crippen LogP contribution in [0.1, 0.15) is 51.9 Å². The van der Waals surface area contributed by atoms with Crippen molar-refractivity contribution in [2.24, 2.45) is 4.99 Å². The van der Waals surface area contributed by atoms with E-state index in [2.05, 4.69) is 15.6 Å². The standard InChI is InChI=1S/C18H33F3N4O/c1-2-22-17(23-10-12-26-16-7-5-3-4-6-8-16)24-15-9-11-25(13-15)14-18(19,20)21/h15-16H,2-14H2,1H3,(H2,22,23,24). The van der Waals surface area contributed by atoms with Gasteiger partial charge in [0.2, 0.25) is 0 Å². The monoisotopic (exact) mass is 378 g/mol. The quantitative estimate of drug-likeness (QED) is 0.310. The number of hydrogen-bond donors (Lipinski definition) is 2. The molecule has 0 aromatic heterocycles. The number of ether oxygens (including phenoxy) is 1. The molecule has 2 fully saturated rings. The van der Waals surface area contributed by atoms with Crippen molar-refractivity contribution >= 4 is 5.96 Å². The molecule has 2 rings (SSSR count). The molecule has 1 unspecified atom stereocenters. The summed E-state index contributed by atoms with van der Waals surface area (Å²) in [7, 11) is 0. The van der Waals surface area contributed by atoms with Crippen LogP contribution < -0.4 is 10.6 Å². The van der Waals surface area contributed by atoms with Gasteiger partial charge in [-0.15, -0.1) is 0 Å². The van der Waals surface area contributed by atoms with Crippen molar-refractivity contribution in [2.45, 2.75) is 70.2 Å². The molecule has 0 amide bonds. The Morgan fingerprint density at radius 2 is 1.88 bits per heavy atom. The highest BCUT2D eigenvalue weighted by molar-refractivity contribution is 5.80. The maximum atomic E-state index is 12.5. The van der Waals surface area contributed by atoms with Gasteiger partial charge in [-0.05, 0) is 26.2 Å². The molecule has 5 nitrogen and oxygen atoms in total. The fourth-order valence-electron chi connectivity index (χ4n) is 3.65. The molecule has 1 saturated carbocycles. The summed E-state index contributed by atoms with van der Waals surface area (Å²) < 4.78 is 43.4. The fraction of sp³-hybridized carbons (Fsp3) is 0.944. The van der Waals surface area contributed by atoms with E-state index in [1.54, 1.807) is 0 Å². The zero-order valence-electron chi connectivity index (χ0n) is 15.8. The SMILES string of the molecule is CCNC(=NCCOC1CCCCCC1)NC1CCN(CC(F)(F)F)C1. The molecule has 1 heterocycles. The number of rotatable bonds is 7. The highest BCUT2D eigenvalue weighted by Crippen LogP contribution is 2.20. The van der Waals surface area contributed by atoms with Crippen molar-refractivity contribution in [1.82, 2.24) is 15.5 Å². The van der Waals surface area contributed by atoms with Gasteiger partial charge in [0.1, 0.15) is 0 Å². The van der Waals surface area contributed by atoms with Crippen LogP contribution in [0.4, 0.5) is 13.2 Å². The third kappa shape index (κ3) is 8.58. The Balaban J connectivity index is 1.70. The van der Waals surface area contributed by atoms with Crippen molar-refractivity contribution in [3.05, 3.63) is 0 Å². The van der Waals surface area contributed by atoms with Crippen LogP contribution in [0.15, 0.2) is 4.99 Å². The maximum Gasteiger partial charge on any atom is 0.401 e. The molecule has 8 heteroatoms. The number of aliphatic imine (C=N–C) groups is 1. The Kier molecular flexibility index (Phi) is 8.98. The van der Waals surface area contributed by atoms with Crippen molar-refractivity contribution in [2.75, 3.05) is 39.3 Å². The van der Waals surface area contributed by atoms with Crippen molar-refractivity contribution in [3.63, 3.8) is 0 Å². The number of hydrogen-bond acceptors (Lipinski definition) is 3. The van der Waals surface area contributed by atoms with Gasteiger partial charge >= 0.3 is 6.18 Å². The molecule has 26 heavy (non-hydrogen) atoms. The number of likely N-dealkylation sites (tertiary alicyclic amines) is 1. The van der Waals surface area contributed by atoms with E-state index in [0.717, 1.165) is 12.8 Å². The summed E-state index contributed by atoms with van der Waals surface area (Å²) in [4.78, 5) is 5.95. The van der Waals surface area contributed by atoms with Gasteiger partial charge in [-0.3, -0.25) is 9.89 Å². The summed E-state index contributed by atoms with van der Waals surface area (Å²) in [6.45, 7) is 3.85. The van der Waals surface area contributed by atoms with Crippen LogP contribution in [0.5, 0.6) is 0 Å². The van der Waals surface area contributed by atoms with E-state index >= 15 is 0 Å². The largest absolute Gasteiger partial charge is 0.401 e. The molecular weight excluding hydrogens is 345 g/mol. The van der Waals surface area contributed by atoms with E-state index in [-0.39, 0.29) is 6.04 Å². The summed E-state index contributed by atoms with van der Waals surface area (Å²) >= 11 is 0. The fourth-order valence-corrected chi connectivity index (χ4v) is 3.65. The van der Waals surface area contributed by atoms with Crippen LogP contribution in [-0.2, 0) is 4.74 Å². The topological polar surface area (TPSA) is 48.9 Å². The average Bonchev–Trinajstić information content (AvgIpc) is 2.82. The normalized spacial score (nSPS) is 23.8. The molecule has 0 radical (unpaired) electrons. The molecule has 1 atom stereocenters. The molecule has 0 aromatic rings. The van der Waals surface area contributed by atoms with E-state index in [1.807, 2.05) is 6.92 Å². The first-order valence-electron chi connectivity index (χ1n) is 9.92. The first-order chi connectivity index (χ1) is 12.5. The second-order valence-electron chi connectivity index (χ2n) is 7.23. The molecule has 1 saturated heterocycles. The van der Waals surface area contributed by atoms with Crippen LogP contribution in [0.25, 0.3) is 0 Å². The molecule has 0 spiro atoms.